The van der Waals surface area contributed by atoms with Gasteiger partial charge >= 0.3 is 0 Å². The van der Waals surface area contributed by atoms with Crippen molar-refractivity contribution < 1.29 is 8.78 Å². The van der Waals surface area contributed by atoms with Crippen molar-refractivity contribution in [2.45, 2.75) is 39.7 Å². The first-order valence-electron chi connectivity index (χ1n) is 5.47. The van der Waals surface area contributed by atoms with Gasteiger partial charge in [-0.2, -0.15) is 5.10 Å². The van der Waals surface area contributed by atoms with Crippen molar-refractivity contribution in [3.05, 3.63) is 17.7 Å². The third kappa shape index (κ3) is 2.40. The minimum absolute atomic E-state index is 0.461. The average molecular weight is 240 g/mol. The van der Waals surface area contributed by atoms with E-state index in [0.29, 0.717) is 23.6 Å². The maximum absolute atomic E-state index is 13.0. The molecule has 4 nitrogen and oxygen atoms in total. The zero-order valence-electron chi connectivity index (χ0n) is 10.0. The Hall–Kier alpha value is -1.59. The molecule has 0 aliphatic rings. The van der Waals surface area contributed by atoms with E-state index < -0.39 is 12.5 Å². The van der Waals surface area contributed by atoms with Crippen LogP contribution in [-0.4, -0.2) is 25.7 Å². The minimum atomic E-state index is -2.80. The summed E-state index contributed by atoms with van der Waals surface area (Å²) in [6.07, 6.45) is 2.32. The van der Waals surface area contributed by atoms with E-state index in [0.717, 1.165) is 12.3 Å². The number of hydrogen-bond acceptors (Lipinski definition) is 3. The second kappa shape index (κ2) is 4.01. The molecule has 0 atom stereocenters. The summed E-state index contributed by atoms with van der Waals surface area (Å²) < 4.78 is 27.3. The lowest BCUT2D eigenvalue weighted by Crippen LogP contribution is -2.20. The van der Waals surface area contributed by atoms with Gasteiger partial charge in [-0.25, -0.2) is 23.4 Å². The Balaban J connectivity index is 2.55. The monoisotopic (exact) mass is 240 g/mol. The third-order valence-electron chi connectivity index (χ3n) is 2.47. The van der Waals surface area contributed by atoms with Crippen LogP contribution in [0.5, 0.6) is 0 Å². The number of fused-ring (bicyclic) bond motifs is 1. The second-order valence-electron chi connectivity index (χ2n) is 4.19. The van der Waals surface area contributed by atoms with E-state index in [2.05, 4.69) is 15.1 Å². The molecule has 0 unspecified atom stereocenters. The summed E-state index contributed by atoms with van der Waals surface area (Å²) in [6, 6.07) is 0. The van der Waals surface area contributed by atoms with Gasteiger partial charge in [0, 0.05) is 19.5 Å². The van der Waals surface area contributed by atoms with Crippen LogP contribution < -0.4 is 0 Å². The molecule has 0 saturated carbocycles. The van der Waals surface area contributed by atoms with Crippen LogP contribution in [0.2, 0.25) is 0 Å². The Labute approximate surface area is 97.7 Å². The zero-order chi connectivity index (χ0) is 12.6. The van der Waals surface area contributed by atoms with Crippen molar-refractivity contribution in [3.8, 4) is 0 Å². The first kappa shape index (κ1) is 11.9. The van der Waals surface area contributed by atoms with Gasteiger partial charge in [0.25, 0.3) is 5.92 Å². The SMILES string of the molecule is CCc1ncc2c(C)nn(CC(C)(F)F)c2n1. The van der Waals surface area contributed by atoms with Gasteiger partial charge in [-0.3, -0.25) is 0 Å². The van der Waals surface area contributed by atoms with Gasteiger partial charge in [0.2, 0.25) is 0 Å². The molecule has 0 aliphatic heterocycles. The van der Waals surface area contributed by atoms with Gasteiger partial charge in [0.15, 0.2) is 5.65 Å². The molecule has 0 aliphatic carbocycles. The maximum Gasteiger partial charge on any atom is 0.264 e. The molecule has 2 heterocycles. The van der Waals surface area contributed by atoms with E-state index in [1.165, 1.54) is 4.68 Å². The molecular formula is C11H14F2N4. The van der Waals surface area contributed by atoms with Crippen LogP contribution in [0.4, 0.5) is 8.78 Å². The van der Waals surface area contributed by atoms with Crippen molar-refractivity contribution in [2.75, 3.05) is 0 Å². The van der Waals surface area contributed by atoms with Crippen LogP contribution in [-0.2, 0) is 13.0 Å². The summed E-state index contributed by atoms with van der Waals surface area (Å²) in [4.78, 5) is 8.40. The maximum atomic E-state index is 13.0. The number of hydrogen-bond donors (Lipinski definition) is 0. The van der Waals surface area contributed by atoms with Gasteiger partial charge in [-0.05, 0) is 6.92 Å². The number of nitrogens with zero attached hydrogens (tertiary/aromatic N) is 4. The Morgan fingerprint density at radius 3 is 2.71 bits per heavy atom. The molecule has 2 aromatic rings. The Morgan fingerprint density at radius 1 is 1.41 bits per heavy atom. The Kier molecular flexibility index (Phi) is 2.81. The standard InChI is InChI=1S/C11H14F2N4/c1-4-9-14-5-8-7(2)16-17(10(8)15-9)6-11(3,12)13/h5H,4,6H2,1-3H3. The van der Waals surface area contributed by atoms with Crippen LogP contribution in [0.1, 0.15) is 25.4 Å². The largest absolute Gasteiger partial charge is 0.264 e. The van der Waals surface area contributed by atoms with Crippen LogP contribution in [0.3, 0.4) is 0 Å². The van der Waals surface area contributed by atoms with E-state index in [1.807, 2.05) is 6.92 Å². The highest BCUT2D eigenvalue weighted by atomic mass is 19.3. The molecule has 92 valence electrons. The van der Waals surface area contributed by atoms with Gasteiger partial charge in [-0.1, -0.05) is 6.92 Å². The smallest absolute Gasteiger partial charge is 0.241 e. The van der Waals surface area contributed by atoms with Crippen LogP contribution in [0.25, 0.3) is 11.0 Å². The van der Waals surface area contributed by atoms with E-state index in [-0.39, 0.29) is 0 Å². The van der Waals surface area contributed by atoms with Crippen molar-refractivity contribution in [3.63, 3.8) is 0 Å². The molecule has 0 fully saturated rings. The summed E-state index contributed by atoms with van der Waals surface area (Å²) >= 11 is 0. The van der Waals surface area contributed by atoms with Gasteiger partial charge in [0.05, 0.1) is 11.1 Å². The predicted molar refractivity (Wildman–Crippen MR) is 60.1 cm³/mol. The van der Waals surface area contributed by atoms with Gasteiger partial charge in [0.1, 0.15) is 12.4 Å². The molecule has 0 N–H and O–H groups in total. The molecule has 17 heavy (non-hydrogen) atoms. The molecule has 2 aromatic heterocycles. The fraction of sp³-hybridized carbons (Fsp3) is 0.545. The second-order valence-corrected chi connectivity index (χ2v) is 4.19. The normalized spacial score (nSPS) is 12.3. The lowest BCUT2D eigenvalue weighted by Gasteiger charge is -2.10. The Morgan fingerprint density at radius 2 is 2.12 bits per heavy atom. The highest BCUT2D eigenvalue weighted by molar-refractivity contribution is 5.77. The topological polar surface area (TPSA) is 43.6 Å². The lowest BCUT2D eigenvalue weighted by molar-refractivity contribution is 0.00159. The highest BCUT2D eigenvalue weighted by Gasteiger charge is 2.24. The lowest BCUT2D eigenvalue weighted by atomic mass is 10.3. The molecule has 6 heteroatoms. The third-order valence-corrected chi connectivity index (χ3v) is 2.47. The van der Waals surface area contributed by atoms with E-state index in [4.69, 9.17) is 0 Å². The van der Waals surface area contributed by atoms with Crippen LogP contribution in [0.15, 0.2) is 6.20 Å². The molecule has 0 aromatic carbocycles. The Bertz CT molecular complexity index is 542. The summed E-state index contributed by atoms with van der Waals surface area (Å²) in [5.41, 5.74) is 1.16. The number of aromatic nitrogens is 4. The summed E-state index contributed by atoms with van der Waals surface area (Å²) in [7, 11) is 0. The van der Waals surface area contributed by atoms with E-state index in [1.54, 1.807) is 13.1 Å². The minimum Gasteiger partial charge on any atom is -0.241 e. The van der Waals surface area contributed by atoms with Crippen molar-refractivity contribution in [2.24, 2.45) is 0 Å². The average Bonchev–Trinajstić information content (AvgIpc) is 2.53. The zero-order valence-corrected chi connectivity index (χ0v) is 10.0. The number of aryl methyl sites for hydroxylation is 2. The number of rotatable bonds is 3. The number of alkyl halides is 2. The fourth-order valence-corrected chi connectivity index (χ4v) is 1.69. The summed E-state index contributed by atoms with van der Waals surface area (Å²) in [6.45, 7) is 4.10. The van der Waals surface area contributed by atoms with Gasteiger partial charge in [-0.15, -0.1) is 0 Å². The quantitative estimate of drug-likeness (QED) is 0.827. The summed E-state index contributed by atoms with van der Waals surface area (Å²) in [5, 5.41) is 4.81. The van der Waals surface area contributed by atoms with Crippen LogP contribution >= 0.6 is 0 Å². The first-order valence-corrected chi connectivity index (χ1v) is 5.47. The van der Waals surface area contributed by atoms with E-state index in [9.17, 15) is 8.78 Å². The first-order chi connectivity index (χ1) is 7.90. The molecule has 0 saturated heterocycles. The molecule has 0 spiro atoms. The molecule has 0 amide bonds. The number of halogens is 2. The van der Waals surface area contributed by atoms with E-state index >= 15 is 0 Å². The molecule has 0 radical (unpaired) electrons. The highest BCUT2D eigenvalue weighted by Crippen LogP contribution is 2.20. The van der Waals surface area contributed by atoms with Crippen molar-refractivity contribution >= 4 is 11.0 Å². The molecule has 2 rings (SSSR count). The molecular weight excluding hydrogens is 226 g/mol. The van der Waals surface area contributed by atoms with Gasteiger partial charge < -0.3 is 0 Å². The molecule has 0 bridgehead atoms. The van der Waals surface area contributed by atoms with Crippen molar-refractivity contribution in [1.29, 1.82) is 0 Å². The van der Waals surface area contributed by atoms with Crippen molar-refractivity contribution in [1.82, 2.24) is 19.7 Å². The van der Waals surface area contributed by atoms with Crippen LogP contribution in [0, 0.1) is 6.92 Å². The summed E-state index contributed by atoms with van der Waals surface area (Å²) in [5.74, 6) is -2.17. The predicted octanol–water partition coefficient (Wildman–Crippen LogP) is 2.35. The fourth-order valence-electron chi connectivity index (χ4n) is 1.69.